The second-order valence-corrected chi connectivity index (χ2v) is 16.6. The van der Waals surface area contributed by atoms with Gasteiger partial charge in [0.1, 0.15) is 0 Å². The third-order valence-electron chi connectivity index (χ3n) is 14.5. The summed E-state index contributed by atoms with van der Waals surface area (Å²) in [4.78, 5) is 0. The molecule has 0 aliphatic heterocycles. The minimum absolute atomic E-state index is 0. The Balaban J connectivity index is 0.000000466. The number of fused-ring (bicyclic) bond motifs is 2. The van der Waals surface area contributed by atoms with Crippen LogP contribution in [0.1, 0.15) is 173 Å². The first-order valence-electron chi connectivity index (χ1n) is 17.6. The van der Waals surface area contributed by atoms with E-state index < -0.39 is 17.3 Å². The van der Waals surface area contributed by atoms with Crippen molar-refractivity contribution in [1.82, 2.24) is 0 Å². The monoisotopic (exact) mass is 579 g/mol. The summed E-state index contributed by atoms with van der Waals surface area (Å²) < 4.78 is 0. The zero-order valence-electron chi connectivity index (χ0n) is 28.7. The molecule has 0 bridgehead atoms. The van der Waals surface area contributed by atoms with Crippen molar-refractivity contribution < 1.29 is 15.3 Å². The molecule has 244 valence electrons. The molecule has 41 heavy (non-hydrogen) atoms. The molecule has 3 heteroatoms. The molecule has 9 unspecified atom stereocenters. The van der Waals surface area contributed by atoms with Gasteiger partial charge in [0.2, 0.25) is 0 Å². The van der Waals surface area contributed by atoms with E-state index in [1.54, 1.807) is 26.7 Å². The Morgan fingerprint density at radius 1 is 0.854 bits per heavy atom. The van der Waals surface area contributed by atoms with E-state index in [4.69, 9.17) is 0 Å². The summed E-state index contributed by atoms with van der Waals surface area (Å²) in [5.74, 6) is 4.16. The lowest BCUT2D eigenvalue weighted by atomic mass is 9.43. The van der Waals surface area contributed by atoms with Crippen molar-refractivity contribution in [1.29, 1.82) is 0 Å². The summed E-state index contributed by atoms with van der Waals surface area (Å²) in [6.07, 6.45) is 18.2. The smallest absolute Gasteiger partial charge is 0.0849 e. The van der Waals surface area contributed by atoms with Gasteiger partial charge in [0, 0.05) is 0 Å². The zero-order chi connectivity index (χ0) is 30.4. The van der Waals surface area contributed by atoms with Crippen molar-refractivity contribution in [2.75, 3.05) is 0 Å². The molecule has 5 rings (SSSR count). The van der Waals surface area contributed by atoms with E-state index in [9.17, 15) is 15.3 Å². The van der Waals surface area contributed by atoms with E-state index in [1.807, 2.05) is 41.5 Å². The highest BCUT2D eigenvalue weighted by molar-refractivity contribution is 5.29. The third kappa shape index (κ3) is 6.22. The summed E-state index contributed by atoms with van der Waals surface area (Å²) in [7, 11) is 0. The predicted molar refractivity (Wildman–Crippen MR) is 177 cm³/mol. The van der Waals surface area contributed by atoms with Crippen LogP contribution >= 0.6 is 0 Å². The van der Waals surface area contributed by atoms with E-state index in [0.29, 0.717) is 22.2 Å². The average Bonchev–Trinajstić information content (AvgIpc) is 3.48. The average molecular weight is 579 g/mol. The molecule has 5 saturated carbocycles. The first kappa shape index (κ1) is 37.1. The van der Waals surface area contributed by atoms with Crippen molar-refractivity contribution in [3.63, 3.8) is 0 Å². The third-order valence-corrected chi connectivity index (χ3v) is 14.5. The maximum atomic E-state index is 10.3. The van der Waals surface area contributed by atoms with Gasteiger partial charge >= 0.3 is 0 Å². The Labute approximate surface area is 257 Å². The van der Waals surface area contributed by atoms with Crippen LogP contribution in [0.4, 0.5) is 0 Å². The predicted octanol–water partition coefficient (Wildman–Crippen LogP) is 10.2. The fourth-order valence-electron chi connectivity index (χ4n) is 11.0. The molecule has 0 aromatic rings. The topological polar surface area (TPSA) is 60.7 Å². The number of aliphatic hydroxyl groups is 3. The van der Waals surface area contributed by atoms with Gasteiger partial charge < -0.3 is 15.3 Å². The molecular formula is C38H74O3. The summed E-state index contributed by atoms with van der Waals surface area (Å²) in [5, 5.41) is 29.8. The van der Waals surface area contributed by atoms with Gasteiger partial charge in [-0.1, -0.05) is 82.1 Å². The Morgan fingerprint density at radius 2 is 1.49 bits per heavy atom. The van der Waals surface area contributed by atoms with Gasteiger partial charge in [-0.25, -0.2) is 0 Å². The summed E-state index contributed by atoms with van der Waals surface area (Å²) >= 11 is 0. The van der Waals surface area contributed by atoms with E-state index in [1.165, 1.54) is 57.8 Å². The molecule has 0 radical (unpaired) electrons. The van der Waals surface area contributed by atoms with Gasteiger partial charge in [0.25, 0.3) is 0 Å². The number of hydrogen-bond donors (Lipinski definition) is 3. The zero-order valence-corrected chi connectivity index (χ0v) is 28.7. The number of aliphatic hydroxyl groups excluding tert-OH is 1. The number of rotatable bonds is 7. The van der Waals surface area contributed by atoms with Gasteiger partial charge in [-0.15, -0.1) is 0 Å². The van der Waals surface area contributed by atoms with Gasteiger partial charge in [-0.3, -0.25) is 0 Å². The van der Waals surface area contributed by atoms with Crippen molar-refractivity contribution >= 4 is 0 Å². The van der Waals surface area contributed by atoms with Crippen molar-refractivity contribution in [3.8, 4) is 0 Å². The van der Waals surface area contributed by atoms with Crippen LogP contribution in [0.25, 0.3) is 0 Å². The lowest BCUT2D eigenvalue weighted by Gasteiger charge is -2.61. The molecule has 3 nitrogen and oxygen atoms in total. The van der Waals surface area contributed by atoms with Crippen LogP contribution in [0, 0.1) is 51.2 Å². The van der Waals surface area contributed by atoms with Crippen LogP contribution < -0.4 is 0 Å². The Morgan fingerprint density at radius 3 is 2.02 bits per heavy atom. The lowest BCUT2D eigenvalue weighted by molar-refractivity contribution is -0.128. The molecule has 5 fully saturated rings. The van der Waals surface area contributed by atoms with Crippen molar-refractivity contribution in [3.05, 3.63) is 0 Å². The van der Waals surface area contributed by atoms with Crippen LogP contribution in [-0.2, 0) is 0 Å². The van der Waals surface area contributed by atoms with E-state index in [0.717, 1.165) is 48.3 Å². The second-order valence-electron chi connectivity index (χ2n) is 16.6. The molecular weight excluding hydrogens is 504 g/mol. The lowest BCUT2D eigenvalue weighted by Crippen LogP contribution is -2.54. The highest BCUT2D eigenvalue weighted by atomic mass is 16.3. The summed E-state index contributed by atoms with van der Waals surface area (Å²) in [6, 6.07) is 0. The Bertz CT molecular complexity index is 828. The Hall–Kier alpha value is -0.120. The number of hydrogen-bond acceptors (Lipinski definition) is 3. The van der Waals surface area contributed by atoms with Gasteiger partial charge in [0.05, 0.1) is 17.3 Å². The molecule has 0 aromatic carbocycles. The molecule has 0 amide bonds. The fraction of sp³-hybridized carbons (Fsp3) is 1.00. The van der Waals surface area contributed by atoms with Crippen molar-refractivity contribution in [2.24, 2.45) is 51.2 Å². The standard InChI is InChI=1S/C28H48O2.C7H16O.C2H6.CH4/c1-19-8-7-14-27-18-28(27)17-16-25(4)20(9-6-10-23(29)24(2,3)30)13-15-26(25,5)22(28)12-11-21(19)27;1-5-7(4,8)6(2)3;1-2;/h19-23,29-30H,6-18H2,1-5H3;6,8H,5H2,1-4H3;1-2H3;1H4/t19?,20?,21?,22?,23?,25?,26-,27?,28?;;;/m0.../s1. The van der Waals surface area contributed by atoms with Crippen LogP contribution in [0.3, 0.4) is 0 Å². The van der Waals surface area contributed by atoms with Gasteiger partial charge in [0.15, 0.2) is 0 Å². The quantitative estimate of drug-likeness (QED) is 0.282. The van der Waals surface area contributed by atoms with E-state index in [2.05, 4.69) is 20.8 Å². The molecule has 10 atom stereocenters. The maximum Gasteiger partial charge on any atom is 0.0849 e. The molecule has 2 spiro atoms. The maximum absolute atomic E-state index is 10.3. The second kappa shape index (κ2) is 13.1. The SMILES string of the molecule is C.CC.CC1CCCC23CC24CCC2(C)C(CCCC(O)C(C)(C)O)CC[C@@]2(C)C4CCC13.CCC(C)(O)C(C)C. The fourth-order valence-corrected chi connectivity index (χ4v) is 11.0. The Kier molecular flexibility index (Phi) is 11.8. The van der Waals surface area contributed by atoms with Crippen molar-refractivity contribution in [2.45, 2.75) is 191 Å². The molecule has 0 heterocycles. The minimum atomic E-state index is -0.971. The molecule has 5 aliphatic rings. The van der Waals surface area contributed by atoms with E-state index in [-0.39, 0.29) is 7.43 Å². The molecule has 0 aromatic heterocycles. The van der Waals surface area contributed by atoms with Crippen LogP contribution in [0.2, 0.25) is 0 Å². The van der Waals surface area contributed by atoms with Crippen LogP contribution in [0.15, 0.2) is 0 Å². The largest absolute Gasteiger partial charge is 0.390 e. The highest BCUT2D eigenvalue weighted by Crippen LogP contribution is 2.88. The summed E-state index contributed by atoms with van der Waals surface area (Å²) in [5.41, 5.74) is 1.04. The van der Waals surface area contributed by atoms with E-state index >= 15 is 0 Å². The molecule has 3 N–H and O–H groups in total. The summed E-state index contributed by atoms with van der Waals surface area (Å²) in [6.45, 7) is 23.3. The van der Waals surface area contributed by atoms with Gasteiger partial charge in [-0.2, -0.15) is 0 Å². The molecule has 5 aliphatic carbocycles. The van der Waals surface area contributed by atoms with Crippen LogP contribution in [0.5, 0.6) is 0 Å². The molecule has 0 saturated heterocycles. The van der Waals surface area contributed by atoms with Gasteiger partial charge in [-0.05, 0) is 143 Å². The highest BCUT2D eigenvalue weighted by Gasteiger charge is 2.80. The normalized spacial score (nSPS) is 42.8. The first-order chi connectivity index (χ1) is 18.5. The minimum Gasteiger partial charge on any atom is -0.390 e. The van der Waals surface area contributed by atoms with Crippen LogP contribution in [-0.4, -0.2) is 32.6 Å². The first-order valence-corrected chi connectivity index (χ1v) is 17.6.